The highest BCUT2D eigenvalue weighted by molar-refractivity contribution is 6.08. The van der Waals surface area contributed by atoms with Gasteiger partial charge in [-0.15, -0.1) is 0 Å². The first-order chi connectivity index (χ1) is 34.6. The van der Waals surface area contributed by atoms with Gasteiger partial charge in [0, 0.05) is 33.6 Å². The molecule has 0 atom stereocenters. The molecule has 0 unspecified atom stereocenters. The topological polar surface area (TPSA) is 18.1 Å². The summed E-state index contributed by atoms with van der Waals surface area (Å²) in [6.07, 6.45) is 2.31. The molecule has 0 radical (unpaired) electrons. The molecule has 2 aromatic heterocycles. The van der Waals surface area contributed by atoms with Crippen molar-refractivity contribution in [3.8, 4) is 94.7 Å². The van der Waals surface area contributed by atoms with Crippen molar-refractivity contribution in [3.63, 3.8) is 0 Å². The smallest absolute Gasteiger partial charge is 0.135 e. The van der Waals surface area contributed by atoms with E-state index in [0.29, 0.717) is 0 Å². The van der Waals surface area contributed by atoms with Crippen LogP contribution in [-0.4, -0.2) is 4.57 Å². The summed E-state index contributed by atoms with van der Waals surface area (Å²) in [5.74, 6) is 0. The first-order valence-corrected chi connectivity index (χ1v) is 24.0. The number of benzene rings is 11. The number of aromatic nitrogens is 1. The molecule has 0 aliphatic rings. The van der Waals surface area contributed by atoms with Crippen LogP contribution in [0, 0.1) is 0 Å². The maximum absolute atomic E-state index is 6.31. The van der Waals surface area contributed by atoms with E-state index in [9.17, 15) is 0 Å². The maximum Gasteiger partial charge on any atom is 0.135 e. The Labute approximate surface area is 407 Å². The lowest BCUT2D eigenvalue weighted by molar-refractivity contribution is 0.669. The summed E-state index contributed by atoms with van der Waals surface area (Å²) in [7, 11) is 0. The van der Waals surface area contributed by atoms with Gasteiger partial charge in [0.15, 0.2) is 0 Å². The van der Waals surface area contributed by atoms with Gasteiger partial charge in [-0.2, -0.15) is 0 Å². The molecule has 2 heterocycles. The zero-order chi connectivity index (χ0) is 46.4. The fraction of sp³-hybridized carbons (Fsp3) is 0. The summed E-state index contributed by atoms with van der Waals surface area (Å²) in [5, 5.41) is 3.45. The first kappa shape index (κ1) is 41.0. The molecule has 0 bridgehead atoms. The molecule has 0 N–H and O–H groups in total. The predicted molar refractivity (Wildman–Crippen MR) is 294 cm³/mol. The second kappa shape index (κ2) is 17.4. The zero-order valence-electron chi connectivity index (χ0n) is 38.3. The fourth-order valence-electron chi connectivity index (χ4n) is 10.1. The number of rotatable bonds is 9. The number of furan rings is 1. The van der Waals surface area contributed by atoms with E-state index in [1.807, 2.05) is 0 Å². The Balaban J connectivity index is 0.844. The van der Waals surface area contributed by atoms with Crippen molar-refractivity contribution in [3.05, 3.63) is 273 Å². The minimum Gasteiger partial charge on any atom is -0.456 e. The molecular weight excluding hydrogens is 847 g/mol. The van der Waals surface area contributed by atoms with Crippen molar-refractivity contribution in [2.24, 2.45) is 0 Å². The van der Waals surface area contributed by atoms with Gasteiger partial charge in [-0.25, -0.2) is 0 Å². The van der Waals surface area contributed by atoms with E-state index < -0.39 is 0 Å². The molecule has 328 valence electrons. The third-order valence-electron chi connectivity index (χ3n) is 13.9. The van der Waals surface area contributed by atoms with Crippen LogP contribution >= 0.6 is 0 Å². The minimum absolute atomic E-state index is 0.894. The minimum atomic E-state index is 0.894. The maximum atomic E-state index is 6.31. The third-order valence-corrected chi connectivity index (χ3v) is 13.9. The second-order valence-corrected chi connectivity index (χ2v) is 18.1. The Kier molecular flexibility index (Phi) is 10.2. The highest BCUT2D eigenvalue weighted by Crippen LogP contribution is 2.39. The molecule has 0 aliphatic heterocycles. The van der Waals surface area contributed by atoms with Gasteiger partial charge in [0.05, 0.1) is 5.52 Å². The lowest BCUT2D eigenvalue weighted by Gasteiger charge is -2.09. The van der Waals surface area contributed by atoms with E-state index >= 15 is 0 Å². The van der Waals surface area contributed by atoms with Crippen LogP contribution in [0.1, 0.15) is 0 Å². The molecular formula is C68H45NO. The molecule has 2 heteroatoms. The SMILES string of the molecule is c1ccc(-c2ccc(-c3ccc(-c4ccc5c(c4)c(-c4ccc(-c6ccc(-c7ccccc7)cc6)cc4)cn5-c4ccc(-c5ccc6oc7ccc(-c8ccccc8)cc7c6c5)cc4)cc3)cc2)cc1. The molecule has 2 nitrogen and oxygen atoms in total. The molecule has 0 saturated heterocycles. The van der Waals surface area contributed by atoms with Gasteiger partial charge in [0.1, 0.15) is 11.2 Å². The standard InChI is InChI=1S/C68H45NO/c1-4-10-46(11-5-1)49-16-20-51(21-17-49)53-24-26-55(27-25-53)58-34-39-66-62(42-58)65(57-30-28-54(29-31-57)52-22-18-50(19-23-52)47-12-6-2-7-13-47)45-69(66)61-37-32-56(33-38-61)60-36-41-68-64(44-60)63-43-59(35-40-67(63)70-68)48-14-8-3-9-15-48/h1-45H. The molecule has 0 fully saturated rings. The number of fused-ring (bicyclic) bond motifs is 4. The first-order valence-electron chi connectivity index (χ1n) is 24.0. The molecule has 13 rings (SSSR count). The largest absolute Gasteiger partial charge is 0.456 e. The van der Waals surface area contributed by atoms with Crippen molar-refractivity contribution in [2.75, 3.05) is 0 Å². The van der Waals surface area contributed by atoms with Crippen LogP contribution in [0.2, 0.25) is 0 Å². The van der Waals surface area contributed by atoms with Crippen molar-refractivity contribution in [1.29, 1.82) is 0 Å². The van der Waals surface area contributed by atoms with E-state index in [0.717, 1.165) is 44.3 Å². The van der Waals surface area contributed by atoms with Crippen molar-refractivity contribution in [2.45, 2.75) is 0 Å². The fourth-order valence-corrected chi connectivity index (χ4v) is 10.1. The van der Waals surface area contributed by atoms with Gasteiger partial charge in [-0.05, 0) is 132 Å². The average Bonchev–Trinajstić information content (AvgIpc) is 4.02. The molecule has 0 saturated carbocycles. The quantitative estimate of drug-likeness (QED) is 0.141. The van der Waals surface area contributed by atoms with Gasteiger partial charge < -0.3 is 8.98 Å². The molecule has 0 spiro atoms. The van der Waals surface area contributed by atoms with E-state index in [2.05, 4.69) is 278 Å². The van der Waals surface area contributed by atoms with Crippen molar-refractivity contribution >= 4 is 32.8 Å². The predicted octanol–water partition coefficient (Wildman–Crippen LogP) is 18.9. The Morgan fingerprint density at radius 1 is 0.229 bits per heavy atom. The Morgan fingerprint density at radius 2 is 0.514 bits per heavy atom. The van der Waals surface area contributed by atoms with Crippen LogP contribution in [0.25, 0.3) is 128 Å². The Morgan fingerprint density at radius 3 is 0.914 bits per heavy atom. The van der Waals surface area contributed by atoms with E-state index in [1.54, 1.807) is 0 Å². The van der Waals surface area contributed by atoms with Gasteiger partial charge in [-0.1, -0.05) is 218 Å². The van der Waals surface area contributed by atoms with Gasteiger partial charge >= 0.3 is 0 Å². The van der Waals surface area contributed by atoms with Crippen molar-refractivity contribution < 1.29 is 4.42 Å². The molecule has 0 amide bonds. The van der Waals surface area contributed by atoms with E-state index in [-0.39, 0.29) is 0 Å². The van der Waals surface area contributed by atoms with Crippen LogP contribution in [0.15, 0.2) is 278 Å². The lowest BCUT2D eigenvalue weighted by atomic mass is 9.96. The van der Waals surface area contributed by atoms with Crippen LogP contribution in [-0.2, 0) is 0 Å². The summed E-state index contributed by atoms with van der Waals surface area (Å²) in [6.45, 7) is 0. The van der Waals surface area contributed by atoms with Crippen LogP contribution < -0.4 is 0 Å². The normalized spacial score (nSPS) is 11.4. The highest BCUT2D eigenvalue weighted by Gasteiger charge is 2.16. The lowest BCUT2D eigenvalue weighted by Crippen LogP contribution is -1.92. The summed E-state index contributed by atoms with van der Waals surface area (Å²) in [6, 6.07) is 96.3. The summed E-state index contributed by atoms with van der Waals surface area (Å²) in [4.78, 5) is 0. The van der Waals surface area contributed by atoms with E-state index in [4.69, 9.17) is 4.42 Å². The summed E-state index contributed by atoms with van der Waals surface area (Å²) >= 11 is 0. The second-order valence-electron chi connectivity index (χ2n) is 18.1. The third kappa shape index (κ3) is 7.68. The molecule has 11 aromatic carbocycles. The summed E-state index contributed by atoms with van der Waals surface area (Å²) in [5.41, 5.74) is 23.1. The average molecular weight is 892 g/mol. The highest BCUT2D eigenvalue weighted by atomic mass is 16.3. The number of hydrogen-bond donors (Lipinski definition) is 0. The van der Waals surface area contributed by atoms with Gasteiger partial charge in [-0.3, -0.25) is 0 Å². The molecule has 13 aromatic rings. The molecule has 70 heavy (non-hydrogen) atoms. The van der Waals surface area contributed by atoms with Gasteiger partial charge in [0.25, 0.3) is 0 Å². The molecule has 0 aliphatic carbocycles. The number of hydrogen-bond acceptors (Lipinski definition) is 1. The van der Waals surface area contributed by atoms with Crippen LogP contribution in [0.4, 0.5) is 0 Å². The van der Waals surface area contributed by atoms with Crippen LogP contribution in [0.3, 0.4) is 0 Å². The Bertz CT molecular complexity index is 3960. The van der Waals surface area contributed by atoms with Crippen LogP contribution in [0.5, 0.6) is 0 Å². The van der Waals surface area contributed by atoms with E-state index in [1.165, 1.54) is 83.3 Å². The monoisotopic (exact) mass is 891 g/mol. The summed E-state index contributed by atoms with van der Waals surface area (Å²) < 4.78 is 8.65. The number of nitrogens with zero attached hydrogens (tertiary/aromatic N) is 1. The van der Waals surface area contributed by atoms with Gasteiger partial charge in [0.2, 0.25) is 0 Å². The Hall–Kier alpha value is -9.24. The zero-order valence-corrected chi connectivity index (χ0v) is 38.3. The van der Waals surface area contributed by atoms with Crippen molar-refractivity contribution in [1.82, 2.24) is 4.57 Å².